The molecule has 3 rings (SSSR count). The molecule has 0 amide bonds. The van der Waals surface area contributed by atoms with Crippen LogP contribution in [0.5, 0.6) is 0 Å². The Labute approximate surface area is 153 Å². The van der Waals surface area contributed by atoms with Crippen LogP contribution in [0.1, 0.15) is 31.2 Å². The Bertz CT molecular complexity index is 662. The fraction of sp³-hybridized carbons (Fsp3) is 0.444. The molecule has 0 N–H and O–H groups in total. The Morgan fingerprint density at radius 3 is 2.88 bits per heavy atom. The van der Waals surface area contributed by atoms with E-state index in [0.29, 0.717) is 25.7 Å². The molecule has 4 nitrogen and oxygen atoms in total. The fourth-order valence-electron chi connectivity index (χ4n) is 3.54. The Morgan fingerprint density at radius 1 is 1.40 bits per heavy atom. The number of carbonyl (C=O) groups is 2. The number of hydrogen-bond donors (Lipinski definition) is 0. The quantitative estimate of drug-likeness (QED) is 0.317. The summed E-state index contributed by atoms with van der Waals surface area (Å²) in [7, 11) is 7.17. The van der Waals surface area contributed by atoms with E-state index in [0.717, 1.165) is 17.6 Å². The van der Waals surface area contributed by atoms with E-state index in [9.17, 15) is 9.59 Å². The van der Waals surface area contributed by atoms with Crippen molar-refractivity contribution in [3.05, 3.63) is 47.5 Å². The first-order valence-corrected chi connectivity index (χ1v) is 11.4. The third-order valence-corrected chi connectivity index (χ3v) is 5.58. The molecule has 130 valence electrons. The Morgan fingerprint density at radius 2 is 2.16 bits per heavy atom. The van der Waals surface area contributed by atoms with Gasteiger partial charge in [-0.05, 0) is 25.3 Å². The van der Waals surface area contributed by atoms with Gasteiger partial charge < -0.3 is 9.26 Å². The van der Waals surface area contributed by atoms with Gasteiger partial charge >= 0.3 is 5.97 Å². The second-order valence-corrected chi connectivity index (χ2v) is 8.92. The van der Waals surface area contributed by atoms with Crippen LogP contribution >= 0.6 is 16.6 Å². The zero-order valence-electron chi connectivity index (χ0n) is 14.0. The lowest BCUT2D eigenvalue weighted by molar-refractivity contribution is -0.141. The van der Waals surface area contributed by atoms with E-state index in [1.165, 1.54) is 0 Å². The molecule has 25 heavy (non-hydrogen) atoms. The van der Waals surface area contributed by atoms with E-state index >= 15 is 0 Å². The number of carbonyl (C=O) groups excluding carboxylic acids is 2. The van der Waals surface area contributed by atoms with Crippen LogP contribution in [-0.2, 0) is 25.3 Å². The van der Waals surface area contributed by atoms with Crippen molar-refractivity contribution in [1.29, 1.82) is 0 Å². The number of esters is 1. The molecule has 0 aromatic heterocycles. The maximum absolute atomic E-state index is 12.3. The minimum Gasteiger partial charge on any atom is -0.462 e. The van der Waals surface area contributed by atoms with Crippen LogP contribution in [-0.4, -0.2) is 31.5 Å². The van der Waals surface area contributed by atoms with Crippen molar-refractivity contribution in [2.75, 3.05) is 0 Å². The highest BCUT2D eigenvalue weighted by Crippen LogP contribution is 2.49. The maximum atomic E-state index is 12.3. The van der Waals surface area contributed by atoms with Crippen LogP contribution in [0.2, 0.25) is 0 Å². The molecule has 0 bridgehead atoms. The van der Waals surface area contributed by atoms with Gasteiger partial charge in [0.05, 0.1) is 12.5 Å². The molecule has 1 aromatic carbocycles. The number of aryl methyl sites for hydroxylation is 1. The van der Waals surface area contributed by atoms with Crippen LogP contribution in [0.25, 0.3) is 0 Å². The van der Waals surface area contributed by atoms with E-state index in [4.69, 9.17) is 16.8 Å². The van der Waals surface area contributed by atoms with Gasteiger partial charge in [-0.3, -0.25) is 9.59 Å². The molecule has 5 unspecified atom stereocenters. The second kappa shape index (κ2) is 8.58. The van der Waals surface area contributed by atoms with Gasteiger partial charge in [0.2, 0.25) is 0 Å². The molecule has 0 spiro atoms. The van der Waals surface area contributed by atoms with E-state index < -0.39 is 7.72 Å². The molecule has 1 aromatic rings. The lowest BCUT2D eigenvalue weighted by Crippen LogP contribution is -2.12. The number of Topliss-reactive ketones (excluding diaryl/α,β-unsaturated/α-hetero) is 1. The second-order valence-electron chi connectivity index (χ2n) is 6.46. The summed E-state index contributed by atoms with van der Waals surface area (Å²) in [5.74, 6) is 0.0414. The van der Waals surface area contributed by atoms with Crippen LogP contribution < -0.4 is 0 Å². The van der Waals surface area contributed by atoms with Crippen molar-refractivity contribution >= 4 is 36.0 Å². The SMILES string of the molecule is [B]P(P)OC1CC2OC(=O)CC2C1=CCC(=O)CCc1ccccc1. The van der Waals surface area contributed by atoms with Gasteiger partial charge in [-0.25, -0.2) is 0 Å². The number of allylic oxidation sites excluding steroid dienone is 1. The van der Waals surface area contributed by atoms with Crippen molar-refractivity contribution in [3.63, 3.8) is 0 Å². The molecule has 5 atom stereocenters. The van der Waals surface area contributed by atoms with Crippen molar-refractivity contribution in [3.8, 4) is 0 Å². The molecule has 1 heterocycles. The minimum atomic E-state index is -1.08. The third-order valence-electron chi connectivity index (χ3n) is 4.71. The number of ether oxygens (including phenoxy) is 1. The van der Waals surface area contributed by atoms with E-state index in [1.807, 2.05) is 36.4 Å². The maximum Gasteiger partial charge on any atom is 0.306 e. The topological polar surface area (TPSA) is 52.6 Å². The van der Waals surface area contributed by atoms with Crippen LogP contribution in [0.4, 0.5) is 0 Å². The number of benzene rings is 1. The molecule has 1 saturated carbocycles. The van der Waals surface area contributed by atoms with Gasteiger partial charge in [0.15, 0.2) is 7.57 Å². The summed E-state index contributed by atoms with van der Waals surface area (Å²) in [6.07, 6.45) is 4.26. The highest BCUT2D eigenvalue weighted by atomic mass is 32.0. The number of ketones is 1. The van der Waals surface area contributed by atoms with Crippen LogP contribution in [0.3, 0.4) is 0 Å². The summed E-state index contributed by atoms with van der Waals surface area (Å²) in [5.41, 5.74) is 2.17. The average Bonchev–Trinajstić information content (AvgIpc) is 3.07. The first-order valence-electron chi connectivity index (χ1n) is 8.44. The van der Waals surface area contributed by atoms with Crippen LogP contribution in [0, 0.1) is 5.92 Å². The van der Waals surface area contributed by atoms with Crippen molar-refractivity contribution in [1.82, 2.24) is 0 Å². The van der Waals surface area contributed by atoms with E-state index in [1.54, 1.807) is 0 Å². The van der Waals surface area contributed by atoms with Crippen molar-refractivity contribution < 1.29 is 18.8 Å². The molecule has 7 heteroatoms. The number of fused-ring (bicyclic) bond motifs is 1. The summed E-state index contributed by atoms with van der Waals surface area (Å²) >= 11 is 0. The predicted molar refractivity (Wildman–Crippen MR) is 102 cm³/mol. The molecule has 1 saturated heterocycles. The smallest absolute Gasteiger partial charge is 0.306 e. The number of rotatable bonds is 7. The van der Waals surface area contributed by atoms with Crippen LogP contribution in [0.15, 0.2) is 42.0 Å². The molecule has 2 aliphatic rings. The standard InChI is InChI=1S/C18H21BO4P2/c19-25(24)23-17-11-16-15(10-18(21)22-16)14(17)9-8-13(20)7-6-12-4-2-1-3-5-12/h1-5,9,15-17H,6-8,10-11,24H2. The van der Waals surface area contributed by atoms with Crippen molar-refractivity contribution in [2.45, 2.75) is 44.3 Å². The fourth-order valence-corrected chi connectivity index (χ4v) is 4.48. The molecular weight excluding hydrogens is 353 g/mol. The summed E-state index contributed by atoms with van der Waals surface area (Å²) in [6, 6.07) is 9.98. The van der Waals surface area contributed by atoms with E-state index in [2.05, 4.69) is 8.93 Å². The predicted octanol–water partition coefficient (Wildman–Crippen LogP) is 3.50. The van der Waals surface area contributed by atoms with Gasteiger partial charge in [-0.2, -0.15) is 0 Å². The zero-order chi connectivity index (χ0) is 17.8. The Balaban J connectivity index is 1.60. The van der Waals surface area contributed by atoms with Gasteiger partial charge in [0, 0.05) is 25.2 Å². The Kier molecular flexibility index (Phi) is 6.44. The minimum absolute atomic E-state index is 0.0272. The first kappa shape index (κ1) is 18.8. The largest absolute Gasteiger partial charge is 0.462 e. The summed E-state index contributed by atoms with van der Waals surface area (Å²) < 4.78 is 11.1. The first-order chi connectivity index (χ1) is 12.0. The molecule has 2 radical (unpaired) electrons. The zero-order valence-corrected chi connectivity index (χ0v) is 16.0. The summed E-state index contributed by atoms with van der Waals surface area (Å²) in [4.78, 5) is 23.8. The third kappa shape index (κ3) is 5.00. The highest BCUT2D eigenvalue weighted by molar-refractivity contribution is 8.23. The summed E-state index contributed by atoms with van der Waals surface area (Å²) in [5, 5.41) is 0. The summed E-state index contributed by atoms with van der Waals surface area (Å²) in [6.45, 7) is 0. The van der Waals surface area contributed by atoms with Gasteiger partial charge in [-0.15, -0.1) is 0 Å². The van der Waals surface area contributed by atoms with Gasteiger partial charge in [0.25, 0.3) is 0 Å². The molecule has 1 aliphatic carbocycles. The van der Waals surface area contributed by atoms with E-state index in [-0.39, 0.29) is 29.9 Å². The average molecular weight is 374 g/mol. The molecule has 1 aliphatic heterocycles. The van der Waals surface area contributed by atoms with Gasteiger partial charge in [-0.1, -0.05) is 45.3 Å². The lowest BCUT2D eigenvalue weighted by Gasteiger charge is -2.18. The molecular formula is C18H21BO4P2. The Hall–Kier alpha value is -1.02. The van der Waals surface area contributed by atoms with Gasteiger partial charge in [0.1, 0.15) is 11.9 Å². The highest BCUT2D eigenvalue weighted by Gasteiger charge is 2.47. The van der Waals surface area contributed by atoms with Crippen molar-refractivity contribution in [2.24, 2.45) is 5.92 Å². The lowest BCUT2D eigenvalue weighted by atomic mass is 9.96. The number of hydrogen-bond acceptors (Lipinski definition) is 4. The molecule has 2 fully saturated rings. The monoisotopic (exact) mass is 374 g/mol. The normalized spacial score (nSPS) is 28.0.